The molecule has 0 aromatic carbocycles. The van der Waals surface area contributed by atoms with Crippen LogP contribution in [-0.2, 0) is 0 Å². The third-order valence-corrected chi connectivity index (χ3v) is 2.15. The molecule has 0 fully saturated rings. The normalized spacial score (nSPS) is 12.2. The summed E-state index contributed by atoms with van der Waals surface area (Å²) in [7, 11) is 0. The molecule has 2 heterocycles. The molecule has 0 spiro atoms. The lowest BCUT2D eigenvalue weighted by molar-refractivity contribution is 0.660. The zero-order valence-corrected chi connectivity index (χ0v) is 8.10. The Morgan fingerprint density at radius 2 is 2.38 bits per heavy atom. The van der Waals surface area contributed by atoms with Crippen molar-refractivity contribution in [3.05, 3.63) is 39.8 Å². The minimum absolute atomic E-state index is 0.154. The van der Waals surface area contributed by atoms with Crippen molar-refractivity contribution in [2.75, 3.05) is 0 Å². The molecule has 2 rings (SSSR count). The van der Waals surface area contributed by atoms with Gasteiger partial charge in [-0.3, -0.25) is 9.78 Å². The first kappa shape index (κ1) is 9.92. The first-order valence-corrected chi connectivity index (χ1v) is 4.39. The van der Waals surface area contributed by atoms with E-state index in [0.717, 1.165) is 4.57 Å². The number of hydrogen-bond acceptors (Lipinski definition) is 4. The van der Waals surface area contributed by atoms with E-state index in [-0.39, 0.29) is 11.2 Å². The van der Waals surface area contributed by atoms with Crippen molar-refractivity contribution in [1.29, 1.82) is 5.26 Å². The van der Waals surface area contributed by atoms with E-state index in [9.17, 15) is 9.59 Å². The number of aromatic nitrogens is 4. The Balaban J connectivity index is 2.90. The van der Waals surface area contributed by atoms with Crippen molar-refractivity contribution >= 4 is 11.2 Å². The summed E-state index contributed by atoms with van der Waals surface area (Å²) < 4.78 is 0.785. The second kappa shape index (κ2) is 3.51. The number of nitrogens with zero attached hydrogens (tertiary/aromatic N) is 3. The molecule has 0 aliphatic rings. The monoisotopic (exact) mass is 217 g/mol. The van der Waals surface area contributed by atoms with Gasteiger partial charge in [0.2, 0.25) is 0 Å². The SMILES string of the molecule is C=CC(C#N)n1c(=O)[nH]c2nc[nH]c2c1=O. The summed E-state index contributed by atoms with van der Waals surface area (Å²) in [6.45, 7) is 3.40. The fraction of sp³-hybridized carbons (Fsp3) is 0.111. The van der Waals surface area contributed by atoms with E-state index in [4.69, 9.17) is 5.26 Å². The summed E-state index contributed by atoms with van der Waals surface area (Å²) >= 11 is 0. The Morgan fingerprint density at radius 3 is 3.00 bits per heavy atom. The maximum Gasteiger partial charge on any atom is 0.331 e. The van der Waals surface area contributed by atoms with Crippen LogP contribution in [0.5, 0.6) is 0 Å². The maximum atomic E-state index is 11.8. The third kappa shape index (κ3) is 1.25. The van der Waals surface area contributed by atoms with E-state index in [1.165, 1.54) is 12.4 Å². The first-order chi connectivity index (χ1) is 7.69. The average Bonchev–Trinajstić information content (AvgIpc) is 2.72. The van der Waals surface area contributed by atoms with Crippen LogP contribution >= 0.6 is 0 Å². The van der Waals surface area contributed by atoms with Crippen molar-refractivity contribution in [2.24, 2.45) is 0 Å². The number of H-pyrrole nitrogens is 2. The third-order valence-electron chi connectivity index (χ3n) is 2.15. The van der Waals surface area contributed by atoms with Crippen LogP contribution in [0.15, 0.2) is 28.6 Å². The van der Waals surface area contributed by atoms with Gasteiger partial charge in [-0.15, -0.1) is 0 Å². The molecule has 0 radical (unpaired) electrons. The highest BCUT2D eigenvalue weighted by Gasteiger charge is 2.14. The van der Waals surface area contributed by atoms with Gasteiger partial charge < -0.3 is 4.98 Å². The van der Waals surface area contributed by atoms with E-state index in [1.807, 2.05) is 0 Å². The summed E-state index contributed by atoms with van der Waals surface area (Å²) in [6, 6.07) is 0.801. The van der Waals surface area contributed by atoms with Crippen LogP contribution in [0.1, 0.15) is 6.04 Å². The van der Waals surface area contributed by atoms with Crippen molar-refractivity contribution in [3.8, 4) is 6.07 Å². The highest BCUT2D eigenvalue weighted by molar-refractivity contribution is 5.67. The molecule has 0 amide bonds. The predicted octanol–water partition coefficient (Wildman–Crippen LogP) is -0.336. The van der Waals surface area contributed by atoms with Gasteiger partial charge in [-0.25, -0.2) is 14.3 Å². The fourth-order valence-corrected chi connectivity index (χ4v) is 1.39. The van der Waals surface area contributed by atoms with Gasteiger partial charge in [-0.1, -0.05) is 12.7 Å². The lowest BCUT2D eigenvalue weighted by Gasteiger charge is -2.05. The summed E-state index contributed by atoms with van der Waals surface area (Å²) in [5.41, 5.74) is -0.951. The molecule has 16 heavy (non-hydrogen) atoms. The Morgan fingerprint density at radius 1 is 1.62 bits per heavy atom. The quantitative estimate of drug-likeness (QED) is 0.671. The maximum absolute atomic E-state index is 11.8. The smallest absolute Gasteiger partial charge is 0.331 e. The molecule has 1 unspecified atom stereocenters. The number of hydrogen-bond donors (Lipinski definition) is 2. The lowest BCUT2D eigenvalue weighted by atomic mass is 10.3. The largest absolute Gasteiger partial charge is 0.339 e. The van der Waals surface area contributed by atoms with Gasteiger partial charge in [-0.05, 0) is 0 Å². The van der Waals surface area contributed by atoms with Crippen LogP contribution in [0.25, 0.3) is 11.2 Å². The Kier molecular flexibility index (Phi) is 2.17. The second-order valence-electron chi connectivity index (χ2n) is 3.04. The van der Waals surface area contributed by atoms with Gasteiger partial charge in [0.1, 0.15) is 11.6 Å². The van der Waals surface area contributed by atoms with E-state index >= 15 is 0 Å². The standard InChI is InChI=1S/C9H7N5O2/c1-2-5(3-10)14-8(15)6-7(12-4-11-6)13-9(14)16/h2,4-5H,1H2,(H,11,12)(H,13,16). The molecule has 7 heteroatoms. The summed E-state index contributed by atoms with van der Waals surface area (Å²) in [5.74, 6) is 0. The van der Waals surface area contributed by atoms with Crippen LogP contribution in [0.3, 0.4) is 0 Å². The molecule has 0 aliphatic heterocycles. The first-order valence-electron chi connectivity index (χ1n) is 4.39. The molecule has 2 aromatic rings. The minimum Gasteiger partial charge on any atom is -0.339 e. The molecule has 0 saturated carbocycles. The molecular weight excluding hydrogens is 210 g/mol. The van der Waals surface area contributed by atoms with E-state index < -0.39 is 17.3 Å². The van der Waals surface area contributed by atoms with Gasteiger partial charge >= 0.3 is 5.69 Å². The van der Waals surface area contributed by atoms with Gasteiger partial charge in [0, 0.05) is 0 Å². The van der Waals surface area contributed by atoms with E-state index in [2.05, 4.69) is 21.5 Å². The minimum atomic E-state index is -0.996. The summed E-state index contributed by atoms with van der Waals surface area (Å²) in [5, 5.41) is 8.79. The Bertz CT molecular complexity index is 699. The summed E-state index contributed by atoms with van der Waals surface area (Å²) in [4.78, 5) is 32.2. The van der Waals surface area contributed by atoms with Crippen molar-refractivity contribution in [3.63, 3.8) is 0 Å². The molecule has 80 valence electrons. The number of aromatic amines is 2. The van der Waals surface area contributed by atoms with E-state index in [1.54, 1.807) is 6.07 Å². The zero-order valence-electron chi connectivity index (χ0n) is 8.10. The molecule has 0 aliphatic carbocycles. The number of allylic oxidation sites excluding steroid dienone is 1. The number of imidazole rings is 1. The fourth-order valence-electron chi connectivity index (χ4n) is 1.39. The molecule has 0 saturated heterocycles. The lowest BCUT2D eigenvalue weighted by Crippen LogP contribution is -2.37. The van der Waals surface area contributed by atoms with Crippen LogP contribution in [0.4, 0.5) is 0 Å². The highest BCUT2D eigenvalue weighted by Crippen LogP contribution is 2.01. The van der Waals surface area contributed by atoms with Gasteiger partial charge in [0.05, 0.1) is 12.4 Å². The van der Waals surface area contributed by atoms with Crippen LogP contribution < -0.4 is 11.2 Å². The molecule has 1 atom stereocenters. The van der Waals surface area contributed by atoms with Gasteiger partial charge in [0.15, 0.2) is 5.65 Å². The van der Waals surface area contributed by atoms with Crippen LogP contribution in [0.2, 0.25) is 0 Å². The van der Waals surface area contributed by atoms with Crippen LogP contribution in [0, 0.1) is 11.3 Å². The molecule has 2 aromatic heterocycles. The molecule has 0 bridgehead atoms. The van der Waals surface area contributed by atoms with Crippen molar-refractivity contribution in [2.45, 2.75) is 6.04 Å². The molecule has 2 N–H and O–H groups in total. The Hall–Kier alpha value is -2.62. The predicted molar refractivity (Wildman–Crippen MR) is 55.8 cm³/mol. The van der Waals surface area contributed by atoms with Crippen molar-refractivity contribution in [1.82, 2.24) is 19.5 Å². The summed E-state index contributed by atoms with van der Waals surface area (Å²) in [6.07, 6.45) is 2.51. The van der Waals surface area contributed by atoms with Gasteiger partial charge in [-0.2, -0.15) is 5.26 Å². The molecular formula is C9H7N5O2. The molecule has 7 nitrogen and oxygen atoms in total. The number of rotatable bonds is 2. The highest BCUT2D eigenvalue weighted by atomic mass is 16.2. The number of nitrogens with one attached hydrogen (secondary N) is 2. The number of nitriles is 1. The second-order valence-corrected chi connectivity index (χ2v) is 3.04. The Labute approximate surface area is 88.7 Å². The van der Waals surface area contributed by atoms with Crippen molar-refractivity contribution < 1.29 is 0 Å². The average molecular weight is 217 g/mol. The topological polar surface area (TPSA) is 107 Å². The zero-order chi connectivity index (χ0) is 11.7. The van der Waals surface area contributed by atoms with E-state index in [0.29, 0.717) is 0 Å². The van der Waals surface area contributed by atoms with Crippen LogP contribution in [-0.4, -0.2) is 19.5 Å². The number of fused-ring (bicyclic) bond motifs is 1. The van der Waals surface area contributed by atoms with Gasteiger partial charge in [0.25, 0.3) is 5.56 Å².